The number of amides is 1. The lowest BCUT2D eigenvalue weighted by atomic mass is 9.97. The van der Waals surface area contributed by atoms with Crippen LogP contribution in [0.3, 0.4) is 0 Å². The van der Waals surface area contributed by atoms with Crippen molar-refractivity contribution in [1.29, 1.82) is 0 Å². The van der Waals surface area contributed by atoms with Crippen LogP contribution >= 0.6 is 11.6 Å². The van der Waals surface area contributed by atoms with Crippen LogP contribution in [0, 0.1) is 0 Å². The van der Waals surface area contributed by atoms with Gasteiger partial charge in [0.05, 0.1) is 28.4 Å². The molecule has 0 aromatic heterocycles. The van der Waals surface area contributed by atoms with E-state index in [-0.39, 0.29) is 28.7 Å². The van der Waals surface area contributed by atoms with Gasteiger partial charge in [-0.3, -0.25) is 4.79 Å². The van der Waals surface area contributed by atoms with Gasteiger partial charge in [-0.05, 0) is 42.0 Å². The molecule has 10 atom stereocenters. The lowest BCUT2D eigenvalue weighted by Crippen LogP contribution is -2.65. The molecule has 2 fully saturated rings. The lowest BCUT2D eigenvalue weighted by molar-refractivity contribution is -0.360. The summed E-state index contributed by atoms with van der Waals surface area (Å²) in [6.07, 6.45) is -16.6. The molecular weight excluding hydrogens is 694 g/mol. The van der Waals surface area contributed by atoms with E-state index in [0.29, 0.717) is 11.3 Å². The van der Waals surface area contributed by atoms with Gasteiger partial charge in [0.25, 0.3) is 0 Å². The SMILES string of the molecule is CC(=O)Nc1cc(CO[C@@H]2O[C@H](COC(=O)c3ccccc3)[C@@H](O[C@H]3O[C@H](COC(=O)c4ccccc4)[C@@H](O)[C@H](O)[C@H]3O)[C@H](O)[C@H]2O)ccc1Cl. The summed E-state index contributed by atoms with van der Waals surface area (Å²) < 4.78 is 34.0. The largest absolute Gasteiger partial charge is 0.459 e. The maximum Gasteiger partial charge on any atom is 0.338 e. The fraction of sp³-hybridized carbons (Fsp3) is 0.400. The predicted octanol–water partition coefficient (Wildman–Crippen LogP) is 1.17. The maximum atomic E-state index is 12.8. The fourth-order valence-corrected chi connectivity index (χ4v) is 5.59. The van der Waals surface area contributed by atoms with E-state index in [0.717, 1.165) is 0 Å². The molecule has 5 rings (SSSR count). The van der Waals surface area contributed by atoms with E-state index in [1.54, 1.807) is 48.5 Å². The minimum atomic E-state index is -1.88. The van der Waals surface area contributed by atoms with Gasteiger partial charge in [0.1, 0.15) is 62.0 Å². The summed E-state index contributed by atoms with van der Waals surface area (Å²) >= 11 is 6.16. The molecule has 0 radical (unpaired) electrons. The number of ether oxygens (including phenoxy) is 6. The molecule has 2 saturated heterocycles. The lowest BCUT2D eigenvalue weighted by Gasteiger charge is -2.46. The van der Waals surface area contributed by atoms with E-state index in [2.05, 4.69) is 5.32 Å². The van der Waals surface area contributed by atoms with E-state index >= 15 is 0 Å². The first kappa shape index (κ1) is 38.2. The number of esters is 2. The molecule has 0 saturated carbocycles. The monoisotopic (exact) mass is 731 g/mol. The number of aliphatic hydroxyl groups excluding tert-OH is 5. The second-order valence-electron chi connectivity index (χ2n) is 11.9. The standard InChI is InChI=1S/C35H38ClNO14/c1-18(38)37-23-14-19(12-13-22(23)36)15-48-34-30(43)28(41)31(25(50-34)17-47-33(45)21-10-6-3-7-11-21)51-35-29(42)27(40)26(39)24(49-35)16-46-32(44)20-8-4-2-5-9-20/h2-14,24-31,34-35,39-43H,15-17H2,1H3,(H,37,38)/t24-,25-,26-,27+,28-,29-,30-,31-,34-,35-/m1/s1. The number of carbonyl (C=O) groups is 3. The Morgan fingerprint density at radius 2 is 1.25 bits per heavy atom. The van der Waals surface area contributed by atoms with E-state index < -0.39 is 86.6 Å². The van der Waals surface area contributed by atoms with Crippen molar-refractivity contribution < 1.29 is 68.3 Å². The minimum Gasteiger partial charge on any atom is -0.459 e. The number of carbonyl (C=O) groups excluding carboxylic acids is 3. The van der Waals surface area contributed by atoms with Gasteiger partial charge in [-0.2, -0.15) is 0 Å². The minimum absolute atomic E-state index is 0.182. The Morgan fingerprint density at radius 3 is 1.84 bits per heavy atom. The van der Waals surface area contributed by atoms with Gasteiger partial charge in [-0.1, -0.05) is 54.1 Å². The highest BCUT2D eigenvalue weighted by atomic mass is 35.5. The highest BCUT2D eigenvalue weighted by Crippen LogP contribution is 2.31. The zero-order valence-corrected chi connectivity index (χ0v) is 27.9. The normalized spacial score (nSPS) is 29.2. The number of nitrogens with one attached hydrogen (secondary N) is 1. The molecule has 274 valence electrons. The van der Waals surface area contributed by atoms with Crippen LogP contribution in [0.15, 0.2) is 78.9 Å². The van der Waals surface area contributed by atoms with Crippen molar-refractivity contribution in [2.75, 3.05) is 18.5 Å². The second-order valence-corrected chi connectivity index (χ2v) is 12.3. The Labute approximate surface area is 297 Å². The molecule has 16 heteroatoms. The molecule has 2 heterocycles. The summed E-state index contributed by atoms with van der Waals surface area (Å²) in [6, 6.07) is 20.7. The van der Waals surface area contributed by atoms with Gasteiger partial charge in [-0.25, -0.2) is 9.59 Å². The van der Waals surface area contributed by atoms with Crippen molar-refractivity contribution in [2.24, 2.45) is 0 Å². The zero-order chi connectivity index (χ0) is 36.7. The fourth-order valence-electron chi connectivity index (χ4n) is 5.42. The first-order valence-corrected chi connectivity index (χ1v) is 16.3. The molecule has 0 unspecified atom stereocenters. The molecule has 2 aliphatic rings. The highest BCUT2D eigenvalue weighted by Gasteiger charge is 2.51. The smallest absolute Gasteiger partial charge is 0.338 e. The Morgan fingerprint density at radius 1 is 0.706 bits per heavy atom. The van der Waals surface area contributed by atoms with Crippen molar-refractivity contribution in [3.63, 3.8) is 0 Å². The third-order valence-corrected chi connectivity index (χ3v) is 8.46. The number of aliphatic hydroxyl groups is 5. The molecule has 2 aliphatic heterocycles. The van der Waals surface area contributed by atoms with Crippen molar-refractivity contribution in [3.05, 3.63) is 101 Å². The van der Waals surface area contributed by atoms with Crippen molar-refractivity contribution in [3.8, 4) is 0 Å². The third-order valence-electron chi connectivity index (χ3n) is 8.13. The van der Waals surface area contributed by atoms with Gasteiger partial charge in [0, 0.05) is 6.92 Å². The van der Waals surface area contributed by atoms with E-state index in [1.165, 1.54) is 37.3 Å². The first-order chi connectivity index (χ1) is 24.4. The maximum absolute atomic E-state index is 12.8. The number of hydrogen-bond donors (Lipinski definition) is 6. The average Bonchev–Trinajstić information content (AvgIpc) is 3.13. The summed E-state index contributed by atoms with van der Waals surface area (Å²) in [6.45, 7) is 0.0463. The van der Waals surface area contributed by atoms with E-state index in [1.807, 2.05) is 0 Å². The predicted molar refractivity (Wildman–Crippen MR) is 176 cm³/mol. The van der Waals surface area contributed by atoms with Crippen LogP contribution in [0.1, 0.15) is 33.2 Å². The summed E-state index contributed by atoms with van der Waals surface area (Å²) in [7, 11) is 0. The number of hydrogen-bond acceptors (Lipinski definition) is 14. The van der Waals surface area contributed by atoms with Crippen LogP contribution < -0.4 is 5.32 Å². The highest BCUT2D eigenvalue weighted by molar-refractivity contribution is 6.33. The summed E-state index contributed by atoms with van der Waals surface area (Å²) in [5, 5.41) is 57.2. The third kappa shape index (κ3) is 9.66. The van der Waals surface area contributed by atoms with E-state index in [4.69, 9.17) is 40.0 Å². The molecular formula is C35H38ClNO14. The summed E-state index contributed by atoms with van der Waals surface area (Å²) in [5.41, 5.74) is 1.28. The van der Waals surface area contributed by atoms with Gasteiger partial charge >= 0.3 is 11.9 Å². The molecule has 0 bridgehead atoms. The van der Waals surface area contributed by atoms with Crippen LogP contribution in [-0.2, 0) is 39.8 Å². The van der Waals surface area contributed by atoms with Crippen molar-refractivity contribution in [2.45, 2.75) is 74.9 Å². The summed E-state index contributed by atoms with van der Waals surface area (Å²) in [4.78, 5) is 36.8. The number of anilines is 1. The quantitative estimate of drug-likeness (QED) is 0.144. The van der Waals surface area contributed by atoms with Crippen molar-refractivity contribution in [1.82, 2.24) is 0 Å². The van der Waals surface area contributed by atoms with Crippen LogP contribution in [-0.4, -0.2) is 118 Å². The molecule has 3 aromatic carbocycles. The van der Waals surface area contributed by atoms with E-state index in [9.17, 15) is 39.9 Å². The second kappa shape index (κ2) is 17.5. The van der Waals surface area contributed by atoms with Crippen molar-refractivity contribution >= 4 is 35.1 Å². The molecule has 51 heavy (non-hydrogen) atoms. The van der Waals surface area contributed by atoms with Gasteiger partial charge in [0.15, 0.2) is 12.6 Å². The Bertz CT molecular complexity index is 1630. The zero-order valence-electron chi connectivity index (χ0n) is 27.2. The molecule has 0 aliphatic carbocycles. The molecule has 15 nitrogen and oxygen atoms in total. The number of halogens is 1. The molecule has 1 amide bonds. The molecule has 6 N–H and O–H groups in total. The van der Waals surface area contributed by atoms with Crippen LogP contribution in [0.2, 0.25) is 5.02 Å². The number of rotatable bonds is 12. The van der Waals surface area contributed by atoms with Gasteiger partial charge in [0.2, 0.25) is 5.91 Å². The summed E-state index contributed by atoms with van der Waals surface area (Å²) in [5.74, 6) is -1.83. The van der Waals surface area contributed by atoms with Crippen LogP contribution in [0.25, 0.3) is 0 Å². The van der Waals surface area contributed by atoms with Gasteiger partial charge < -0.3 is 59.3 Å². The molecule has 3 aromatic rings. The Kier molecular flexibility index (Phi) is 13.1. The first-order valence-electron chi connectivity index (χ1n) is 15.9. The molecule has 0 spiro atoms. The van der Waals surface area contributed by atoms with Crippen LogP contribution in [0.4, 0.5) is 5.69 Å². The number of benzene rings is 3. The Hall–Kier alpha value is -4.00. The van der Waals surface area contributed by atoms with Crippen LogP contribution in [0.5, 0.6) is 0 Å². The topological polar surface area (TPSA) is 220 Å². The average molecular weight is 732 g/mol. The van der Waals surface area contributed by atoms with Gasteiger partial charge in [-0.15, -0.1) is 0 Å². The Balaban J connectivity index is 1.31.